The van der Waals surface area contributed by atoms with Crippen molar-refractivity contribution >= 4 is 29.4 Å². The summed E-state index contributed by atoms with van der Waals surface area (Å²) < 4.78 is 0. The molecule has 0 spiro atoms. The summed E-state index contributed by atoms with van der Waals surface area (Å²) in [6, 6.07) is 15.4. The number of carbonyl (C=O) groups excluding carboxylic acids is 3. The van der Waals surface area contributed by atoms with Crippen molar-refractivity contribution in [3.8, 4) is 6.07 Å². The van der Waals surface area contributed by atoms with Gasteiger partial charge < -0.3 is 4.90 Å². The number of amides is 2. The van der Waals surface area contributed by atoms with Gasteiger partial charge in [0.15, 0.2) is 5.78 Å². The normalized spacial score (nSPS) is 26.8. The molecule has 6 nitrogen and oxygen atoms in total. The van der Waals surface area contributed by atoms with E-state index in [-0.39, 0.29) is 23.6 Å². The highest BCUT2D eigenvalue weighted by Crippen LogP contribution is 2.52. The zero-order valence-electron chi connectivity index (χ0n) is 15.6. The molecule has 0 saturated carbocycles. The molecule has 6 heteroatoms. The molecule has 2 saturated heterocycles. The fourth-order valence-corrected chi connectivity index (χ4v) is 4.81. The highest BCUT2D eigenvalue weighted by atomic mass is 16.2. The molecule has 2 fully saturated rings. The van der Waals surface area contributed by atoms with Crippen LogP contribution >= 0.6 is 0 Å². The van der Waals surface area contributed by atoms with Gasteiger partial charge in [0, 0.05) is 11.8 Å². The van der Waals surface area contributed by atoms with E-state index in [0.29, 0.717) is 11.3 Å². The molecule has 3 aliphatic heterocycles. The van der Waals surface area contributed by atoms with Gasteiger partial charge in [0.25, 0.3) is 0 Å². The van der Waals surface area contributed by atoms with Crippen molar-refractivity contribution in [1.29, 1.82) is 5.26 Å². The SMILES string of the molecule is CC(=O)c1ccc(N2C(=O)[C@@H]3[C@H](C2=O)[C@H](C#N)N2C=Cc4ccccc4[C@H]32)cc1. The van der Waals surface area contributed by atoms with Crippen molar-refractivity contribution < 1.29 is 14.4 Å². The van der Waals surface area contributed by atoms with Crippen molar-refractivity contribution in [1.82, 2.24) is 4.90 Å². The van der Waals surface area contributed by atoms with Crippen LogP contribution in [0.1, 0.15) is 34.5 Å². The van der Waals surface area contributed by atoms with Crippen LogP contribution in [0.25, 0.3) is 6.08 Å². The minimum Gasteiger partial charge on any atom is -0.353 e. The van der Waals surface area contributed by atoms with E-state index in [1.165, 1.54) is 11.8 Å². The van der Waals surface area contributed by atoms with Crippen LogP contribution in [0.5, 0.6) is 0 Å². The lowest BCUT2D eigenvalue weighted by Crippen LogP contribution is -2.40. The van der Waals surface area contributed by atoms with Crippen LogP contribution in [0.2, 0.25) is 0 Å². The number of rotatable bonds is 2. The molecular formula is C23H17N3O3. The van der Waals surface area contributed by atoms with Gasteiger partial charge in [-0.15, -0.1) is 0 Å². The maximum atomic E-state index is 13.4. The first-order valence-corrected chi connectivity index (χ1v) is 9.46. The fourth-order valence-electron chi connectivity index (χ4n) is 4.81. The minimum atomic E-state index is -0.721. The molecule has 4 atom stereocenters. The molecule has 0 N–H and O–H groups in total. The number of nitriles is 1. The second kappa shape index (κ2) is 6.14. The average Bonchev–Trinajstić information content (AvgIpc) is 3.20. The lowest BCUT2D eigenvalue weighted by molar-refractivity contribution is -0.123. The Bertz CT molecular complexity index is 1130. The summed E-state index contributed by atoms with van der Waals surface area (Å²) in [7, 11) is 0. The number of ketones is 1. The van der Waals surface area contributed by atoms with Gasteiger partial charge >= 0.3 is 0 Å². The van der Waals surface area contributed by atoms with Crippen LogP contribution in [0.3, 0.4) is 0 Å². The molecule has 5 rings (SSSR count). The van der Waals surface area contributed by atoms with Gasteiger partial charge in [-0.1, -0.05) is 24.3 Å². The Kier molecular flexibility index (Phi) is 3.68. The fraction of sp³-hybridized carbons (Fsp3) is 0.217. The first kappa shape index (κ1) is 17.4. The van der Waals surface area contributed by atoms with Gasteiger partial charge in [-0.25, -0.2) is 4.90 Å². The van der Waals surface area contributed by atoms with Crippen LogP contribution in [0, 0.1) is 23.2 Å². The zero-order chi connectivity index (χ0) is 20.3. The van der Waals surface area contributed by atoms with E-state index in [9.17, 15) is 19.6 Å². The van der Waals surface area contributed by atoms with Crippen LogP contribution in [-0.4, -0.2) is 28.5 Å². The zero-order valence-corrected chi connectivity index (χ0v) is 15.6. The van der Waals surface area contributed by atoms with E-state index in [2.05, 4.69) is 6.07 Å². The molecule has 29 heavy (non-hydrogen) atoms. The van der Waals surface area contributed by atoms with Crippen LogP contribution < -0.4 is 4.90 Å². The van der Waals surface area contributed by atoms with Crippen LogP contribution in [0.15, 0.2) is 54.7 Å². The molecule has 2 aromatic rings. The number of anilines is 1. The summed E-state index contributed by atoms with van der Waals surface area (Å²) in [6.45, 7) is 1.46. The molecule has 3 heterocycles. The van der Waals surface area contributed by atoms with Gasteiger partial charge in [-0.05, 0) is 48.4 Å². The third-order valence-corrected chi connectivity index (χ3v) is 6.13. The predicted octanol–water partition coefficient (Wildman–Crippen LogP) is 2.93. The maximum absolute atomic E-state index is 13.4. The van der Waals surface area contributed by atoms with Crippen molar-refractivity contribution in [3.05, 3.63) is 71.4 Å². The van der Waals surface area contributed by atoms with Gasteiger partial charge in [-0.3, -0.25) is 14.4 Å². The first-order valence-electron chi connectivity index (χ1n) is 9.46. The number of Topliss-reactive ketones (excluding diaryl/α,β-unsaturated/α-hetero) is 1. The molecule has 2 aromatic carbocycles. The van der Waals surface area contributed by atoms with E-state index in [4.69, 9.17) is 0 Å². The second-order valence-corrected chi connectivity index (χ2v) is 7.58. The monoisotopic (exact) mass is 383 g/mol. The van der Waals surface area contributed by atoms with Crippen molar-refractivity contribution in [2.75, 3.05) is 4.90 Å². The van der Waals surface area contributed by atoms with E-state index >= 15 is 0 Å². The minimum absolute atomic E-state index is 0.0849. The number of hydrogen-bond acceptors (Lipinski definition) is 5. The Balaban J connectivity index is 1.59. The Morgan fingerprint density at radius 3 is 2.38 bits per heavy atom. The summed E-state index contributed by atoms with van der Waals surface area (Å²) in [5.41, 5.74) is 2.90. The quantitative estimate of drug-likeness (QED) is 0.588. The van der Waals surface area contributed by atoms with Gasteiger partial charge in [0.05, 0.1) is 29.6 Å². The Hall–Kier alpha value is -3.72. The van der Waals surface area contributed by atoms with Crippen molar-refractivity contribution in [2.24, 2.45) is 11.8 Å². The Labute approximate surface area is 167 Å². The molecular weight excluding hydrogens is 366 g/mol. The Morgan fingerprint density at radius 1 is 1.00 bits per heavy atom. The average molecular weight is 383 g/mol. The largest absolute Gasteiger partial charge is 0.353 e. The summed E-state index contributed by atoms with van der Waals surface area (Å²) in [5.74, 6) is -2.08. The second-order valence-electron chi connectivity index (χ2n) is 7.58. The van der Waals surface area contributed by atoms with E-state index < -0.39 is 17.9 Å². The number of carbonyl (C=O) groups is 3. The van der Waals surface area contributed by atoms with E-state index in [1.54, 1.807) is 24.3 Å². The third-order valence-electron chi connectivity index (χ3n) is 6.13. The number of nitrogens with zero attached hydrogens (tertiary/aromatic N) is 3. The van der Waals surface area contributed by atoms with Gasteiger partial charge in [0.2, 0.25) is 11.8 Å². The summed E-state index contributed by atoms with van der Waals surface area (Å²) in [5, 5.41) is 9.81. The lowest BCUT2D eigenvalue weighted by atomic mass is 9.85. The summed E-state index contributed by atoms with van der Waals surface area (Å²) >= 11 is 0. The summed E-state index contributed by atoms with van der Waals surface area (Å²) in [4.78, 5) is 41.3. The van der Waals surface area contributed by atoms with Crippen molar-refractivity contribution in [2.45, 2.75) is 19.0 Å². The van der Waals surface area contributed by atoms with Gasteiger partial charge in [-0.2, -0.15) is 5.26 Å². The standard InChI is InChI=1S/C23H17N3O3/c1-13(27)14-6-8-16(9-7-14)26-22(28)19-18(12-24)25-11-10-15-4-2-3-5-17(15)21(25)20(19)23(26)29/h2-11,18-21H,1H3/t18-,19+,20+,21+/m0/s1. The molecule has 0 bridgehead atoms. The van der Waals surface area contributed by atoms with E-state index in [0.717, 1.165) is 11.1 Å². The highest BCUT2D eigenvalue weighted by molar-refractivity contribution is 6.23. The molecule has 3 aliphatic rings. The third kappa shape index (κ3) is 2.31. The van der Waals surface area contributed by atoms with Gasteiger partial charge in [0.1, 0.15) is 6.04 Å². The molecule has 0 aliphatic carbocycles. The number of imide groups is 1. The van der Waals surface area contributed by atoms with E-state index in [1.807, 2.05) is 41.4 Å². The van der Waals surface area contributed by atoms with Crippen molar-refractivity contribution in [3.63, 3.8) is 0 Å². The van der Waals surface area contributed by atoms with Crippen LogP contribution in [-0.2, 0) is 9.59 Å². The maximum Gasteiger partial charge on any atom is 0.240 e. The number of benzene rings is 2. The molecule has 0 aromatic heterocycles. The Morgan fingerprint density at radius 2 is 1.69 bits per heavy atom. The lowest BCUT2D eigenvalue weighted by Gasteiger charge is -2.33. The predicted molar refractivity (Wildman–Crippen MR) is 105 cm³/mol. The molecule has 0 radical (unpaired) electrons. The highest BCUT2D eigenvalue weighted by Gasteiger charge is 2.63. The topological polar surface area (TPSA) is 81.5 Å². The summed E-state index contributed by atoms with van der Waals surface area (Å²) in [6.07, 6.45) is 3.75. The molecule has 142 valence electrons. The first-order chi connectivity index (χ1) is 14.0. The molecule has 0 unspecified atom stereocenters. The number of fused-ring (bicyclic) bond motifs is 5. The molecule has 2 amide bonds. The number of hydrogen-bond donors (Lipinski definition) is 0. The smallest absolute Gasteiger partial charge is 0.240 e. The van der Waals surface area contributed by atoms with Crippen LogP contribution in [0.4, 0.5) is 5.69 Å².